The molecule has 8 heteroatoms. The molecule has 8 nitrogen and oxygen atoms in total. The zero-order chi connectivity index (χ0) is 23.0. The van der Waals surface area contributed by atoms with Gasteiger partial charge in [-0.2, -0.15) is 4.74 Å². The summed E-state index contributed by atoms with van der Waals surface area (Å²) >= 11 is 0. The minimum atomic E-state index is -0.926. The molecule has 3 heterocycles. The topological polar surface area (TPSA) is 100 Å². The lowest BCUT2D eigenvalue weighted by molar-refractivity contribution is -0.138. The fraction of sp³-hybridized carbons (Fsp3) is 0.440. The maximum absolute atomic E-state index is 12.7. The molecular weight excluding hydrogens is 426 g/mol. The molecule has 0 aliphatic carbocycles. The number of aryl methyl sites for hydroxylation is 1. The molecule has 1 N–H and O–H groups in total. The number of hydrogen-bond donors (Lipinski definition) is 1. The van der Waals surface area contributed by atoms with Crippen molar-refractivity contribution in [3.8, 4) is 0 Å². The van der Waals surface area contributed by atoms with E-state index in [1.807, 2.05) is 30.3 Å². The number of benzene rings is 1. The van der Waals surface area contributed by atoms with E-state index in [1.165, 1.54) is 22.6 Å². The lowest BCUT2D eigenvalue weighted by Crippen LogP contribution is -2.21. The Bertz CT molecular complexity index is 1050. The minimum Gasteiger partial charge on any atom is -0.481 e. The van der Waals surface area contributed by atoms with Crippen molar-refractivity contribution >= 4 is 5.97 Å². The van der Waals surface area contributed by atoms with Crippen LogP contribution in [0.1, 0.15) is 42.9 Å². The zero-order valence-electron chi connectivity index (χ0n) is 18.5. The Balaban J connectivity index is 1.59. The summed E-state index contributed by atoms with van der Waals surface area (Å²) < 4.78 is 23.7. The standard InChI is InChI=1S/C25H29NO7/c27-23-15-21(33-26(23)10-8-18-7-4-11-30-12-9-18)25(22-16-31-17-32-22)20(14-24(28)29)13-19-5-2-1-3-6-19/h1-3,5-7,15-16,20,25H,4,8-14,17H2,(H,28,29). The number of aromatic nitrogens is 1. The molecule has 2 aliphatic heterocycles. The van der Waals surface area contributed by atoms with Crippen molar-refractivity contribution in [2.24, 2.45) is 5.92 Å². The number of carboxylic acids is 1. The predicted octanol–water partition coefficient (Wildman–Crippen LogP) is 3.83. The van der Waals surface area contributed by atoms with Gasteiger partial charge in [-0.1, -0.05) is 42.0 Å². The first-order valence-corrected chi connectivity index (χ1v) is 11.3. The van der Waals surface area contributed by atoms with Crippen molar-refractivity contribution in [2.75, 3.05) is 20.0 Å². The smallest absolute Gasteiger partial charge is 0.303 e. The Morgan fingerprint density at radius 1 is 1.18 bits per heavy atom. The van der Waals surface area contributed by atoms with Gasteiger partial charge in [0.15, 0.2) is 0 Å². The van der Waals surface area contributed by atoms with Crippen LogP contribution in [0, 0.1) is 5.92 Å². The Morgan fingerprint density at radius 3 is 2.79 bits per heavy atom. The van der Waals surface area contributed by atoms with Crippen LogP contribution in [0.15, 0.2) is 69.4 Å². The molecule has 0 amide bonds. The molecule has 0 saturated carbocycles. The van der Waals surface area contributed by atoms with Crippen molar-refractivity contribution < 1.29 is 28.6 Å². The predicted molar refractivity (Wildman–Crippen MR) is 119 cm³/mol. The van der Waals surface area contributed by atoms with E-state index in [-0.39, 0.29) is 18.8 Å². The van der Waals surface area contributed by atoms with E-state index in [4.69, 9.17) is 18.7 Å². The largest absolute Gasteiger partial charge is 0.481 e. The highest BCUT2D eigenvalue weighted by atomic mass is 16.7. The number of rotatable bonds is 10. The van der Waals surface area contributed by atoms with Crippen molar-refractivity contribution in [1.29, 1.82) is 0 Å². The van der Waals surface area contributed by atoms with Crippen LogP contribution in [-0.4, -0.2) is 35.8 Å². The van der Waals surface area contributed by atoms with E-state index in [9.17, 15) is 14.7 Å². The van der Waals surface area contributed by atoms with Crippen molar-refractivity contribution in [2.45, 2.75) is 44.6 Å². The molecule has 0 fully saturated rings. The average Bonchev–Trinajstić information content (AvgIpc) is 3.36. The van der Waals surface area contributed by atoms with Crippen LogP contribution in [0.3, 0.4) is 0 Å². The molecule has 0 bridgehead atoms. The first-order chi connectivity index (χ1) is 16.1. The number of allylic oxidation sites excluding steroid dienone is 1. The highest BCUT2D eigenvalue weighted by Crippen LogP contribution is 2.38. The second-order valence-electron chi connectivity index (χ2n) is 8.32. The summed E-state index contributed by atoms with van der Waals surface area (Å²) in [6, 6.07) is 11.1. The average molecular weight is 456 g/mol. The molecule has 2 aliphatic rings. The minimum absolute atomic E-state index is 0.0537. The molecule has 1 aromatic carbocycles. The number of ether oxygens (including phenoxy) is 3. The molecular formula is C25H29NO7. The fourth-order valence-electron chi connectivity index (χ4n) is 4.39. The van der Waals surface area contributed by atoms with E-state index in [1.54, 1.807) is 0 Å². The first-order valence-electron chi connectivity index (χ1n) is 11.3. The SMILES string of the molecule is O=C(O)CC(Cc1ccccc1)C(C1=COCO1)c1cc(=O)n(CCC2=CCCOCC2)o1. The summed E-state index contributed by atoms with van der Waals surface area (Å²) in [5.41, 5.74) is 1.99. The van der Waals surface area contributed by atoms with Crippen LogP contribution in [0.5, 0.6) is 0 Å². The molecule has 0 spiro atoms. The highest BCUT2D eigenvalue weighted by Gasteiger charge is 2.35. The lowest BCUT2D eigenvalue weighted by atomic mass is 9.81. The van der Waals surface area contributed by atoms with Crippen LogP contribution in [-0.2, 0) is 32.0 Å². The number of hydrogen-bond acceptors (Lipinski definition) is 6. The molecule has 4 rings (SSSR count). The molecule has 2 aromatic rings. The molecule has 1 aromatic heterocycles. The quantitative estimate of drug-likeness (QED) is 0.544. The monoisotopic (exact) mass is 455 g/mol. The van der Waals surface area contributed by atoms with Gasteiger partial charge in [0.2, 0.25) is 6.79 Å². The Morgan fingerprint density at radius 2 is 2.03 bits per heavy atom. The van der Waals surface area contributed by atoms with Gasteiger partial charge in [0, 0.05) is 12.5 Å². The van der Waals surface area contributed by atoms with Gasteiger partial charge in [0.25, 0.3) is 5.56 Å². The lowest BCUT2D eigenvalue weighted by Gasteiger charge is -2.24. The number of carbonyl (C=O) groups is 1. The zero-order valence-corrected chi connectivity index (χ0v) is 18.5. The van der Waals surface area contributed by atoms with E-state index in [0.29, 0.717) is 37.5 Å². The Kier molecular flexibility index (Phi) is 7.67. The second kappa shape index (κ2) is 11.0. The molecule has 2 atom stereocenters. The van der Waals surface area contributed by atoms with Crippen molar-refractivity contribution in [1.82, 2.24) is 4.74 Å². The van der Waals surface area contributed by atoms with Crippen LogP contribution in [0.4, 0.5) is 0 Å². The molecule has 176 valence electrons. The van der Waals surface area contributed by atoms with Crippen molar-refractivity contribution in [3.05, 3.63) is 81.7 Å². The third kappa shape index (κ3) is 6.16. The van der Waals surface area contributed by atoms with Crippen LogP contribution in [0.25, 0.3) is 0 Å². The summed E-state index contributed by atoms with van der Waals surface area (Å²) in [7, 11) is 0. The van der Waals surface area contributed by atoms with Crippen LogP contribution in [0.2, 0.25) is 0 Å². The molecule has 0 radical (unpaired) electrons. The van der Waals surface area contributed by atoms with Gasteiger partial charge in [0.05, 0.1) is 25.7 Å². The van der Waals surface area contributed by atoms with Gasteiger partial charge in [-0.15, -0.1) is 0 Å². The normalized spacial score (nSPS) is 17.8. The van der Waals surface area contributed by atoms with Gasteiger partial charge in [-0.25, -0.2) is 0 Å². The Labute approximate surface area is 192 Å². The first kappa shape index (κ1) is 22.9. The summed E-state index contributed by atoms with van der Waals surface area (Å²) in [6.07, 6.45) is 6.45. The van der Waals surface area contributed by atoms with Gasteiger partial charge < -0.3 is 23.8 Å². The Hall–Kier alpha value is -3.26. The molecule has 2 unspecified atom stereocenters. The van der Waals surface area contributed by atoms with Crippen LogP contribution >= 0.6 is 0 Å². The summed E-state index contributed by atoms with van der Waals surface area (Å²) in [4.78, 5) is 24.4. The van der Waals surface area contributed by atoms with E-state index in [0.717, 1.165) is 25.0 Å². The summed E-state index contributed by atoms with van der Waals surface area (Å²) in [6.45, 7) is 1.88. The summed E-state index contributed by atoms with van der Waals surface area (Å²) in [5, 5.41) is 9.61. The van der Waals surface area contributed by atoms with E-state index < -0.39 is 17.8 Å². The number of aliphatic carboxylic acids is 1. The third-order valence-corrected chi connectivity index (χ3v) is 5.98. The van der Waals surface area contributed by atoms with Crippen molar-refractivity contribution in [3.63, 3.8) is 0 Å². The summed E-state index contributed by atoms with van der Waals surface area (Å²) in [5.74, 6) is -1.01. The molecule has 33 heavy (non-hydrogen) atoms. The highest BCUT2D eigenvalue weighted by molar-refractivity contribution is 5.67. The number of carboxylic acid groups (broad SMARTS) is 1. The fourth-order valence-corrected chi connectivity index (χ4v) is 4.39. The van der Waals surface area contributed by atoms with Gasteiger partial charge in [-0.05, 0) is 37.2 Å². The molecule has 0 saturated heterocycles. The number of nitrogens with zero attached hydrogens (tertiary/aromatic N) is 1. The van der Waals surface area contributed by atoms with Gasteiger partial charge >= 0.3 is 5.97 Å². The maximum atomic E-state index is 12.7. The third-order valence-electron chi connectivity index (χ3n) is 5.98. The van der Waals surface area contributed by atoms with Gasteiger partial charge in [-0.3, -0.25) is 9.59 Å². The second-order valence-corrected chi connectivity index (χ2v) is 8.32. The van der Waals surface area contributed by atoms with Gasteiger partial charge in [0.1, 0.15) is 17.8 Å². The maximum Gasteiger partial charge on any atom is 0.303 e. The van der Waals surface area contributed by atoms with Crippen LogP contribution < -0.4 is 5.56 Å². The van der Waals surface area contributed by atoms with E-state index in [2.05, 4.69) is 6.08 Å². The van der Waals surface area contributed by atoms with E-state index >= 15 is 0 Å².